The van der Waals surface area contributed by atoms with Gasteiger partial charge in [-0.25, -0.2) is 13.2 Å². The molecule has 8 heteroatoms. The lowest BCUT2D eigenvalue weighted by molar-refractivity contribution is 0.0563. The van der Waals surface area contributed by atoms with Crippen LogP contribution in [0.2, 0.25) is 0 Å². The molecule has 19 heavy (non-hydrogen) atoms. The number of rotatable bonds is 3. The first-order chi connectivity index (χ1) is 8.86. The van der Waals surface area contributed by atoms with Crippen molar-refractivity contribution in [1.29, 1.82) is 0 Å². The second-order valence-corrected chi connectivity index (χ2v) is 6.34. The highest BCUT2D eigenvalue weighted by atomic mass is 32.2. The molecule has 1 saturated heterocycles. The Hall–Kier alpha value is -1.38. The summed E-state index contributed by atoms with van der Waals surface area (Å²) in [7, 11) is -2.47. The van der Waals surface area contributed by atoms with Crippen molar-refractivity contribution >= 4 is 16.0 Å². The number of nitrogens with two attached hydrogens (primary N) is 1. The third-order valence-electron chi connectivity index (χ3n) is 3.06. The van der Waals surface area contributed by atoms with Crippen LogP contribution in [0.25, 0.3) is 0 Å². The van der Waals surface area contributed by atoms with Crippen LogP contribution in [0.1, 0.15) is 22.7 Å². The topological polar surface area (TPSA) is 103 Å². The number of carbonyl (C=O) groups excluding carboxylic acids is 1. The molecule has 0 aliphatic carbocycles. The smallest absolute Gasteiger partial charge is 0.373 e. The highest BCUT2D eigenvalue weighted by Gasteiger charge is 2.34. The summed E-state index contributed by atoms with van der Waals surface area (Å²) < 4.78 is 35.7. The molecule has 106 valence electrons. The number of hydrogen-bond acceptors (Lipinski definition) is 6. The van der Waals surface area contributed by atoms with Crippen LogP contribution in [0.15, 0.2) is 15.4 Å². The van der Waals surface area contributed by atoms with Gasteiger partial charge >= 0.3 is 5.97 Å². The molecule has 0 unspecified atom stereocenters. The van der Waals surface area contributed by atoms with Gasteiger partial charge in [0.05, 0.1) is 7.11 Å². The maximum atomic E-state index is 12.4. The fourth-order valence-electron chi connectivity index (χ4n) is 2.03. The number of nitrogens with zero attached hydrogens (tertiary/aromatic N) is 1. The maximum absolute atomic E-state index is 12.4. The highest BCUT2D eigenvalue weighted by Crippen LogP contribution is 2.26. The average Bonchev–Trinajstić information content (AvgIpc) is 2.95. The lowest BCUT2D eigenvalue weighted by Crippen LogP contribution is -2.32. The van der Waals surface area contributed by atoms with Gasteiger partial charge < -0.3 is 14.9 Å². The van der Waals surface area contributed by atoms with Crippen molar-refractivity contribution in [1.82, 2.24) is 4.31 Å². The van der Waals surface area contributed by atoms with E-state index in [-0.39, 0.29) is 29.0 Å². The summed E-state index contributed by atoms with van der Waals surface area (Å²) in [5.74, 6) is -0.661. The van der Waals surface area contributed by atoms with Gasteiger partial charge in [-0.3, -0.25) is 0 Å². The second-order valence-electron chi connectivity index (χ2n) is 4.43. The van der Waals surface area contributed by atoms with Gasteiger partial charge in [-0.2, -0.15) is 4.31 Å². The molecule has 1 atom stereocenters. The Kier molecular flexibility index (Phi) is 3.66. The summed E-state index contributed by atoms with van der Waals surface area (Å²) in [4.78, 5) is 11.3. The van der Waals surface area contributed by atoms with Crippen LogP contribution < -0.4 is 5.73 Å². The SMILES string of the molecule is COC(=O)c1cc(S(=O)(=O)N2CC[C@@H](N)C2)c(C)o1. The van der Waals surface area contributed by atoms with E-state index in [1.54, 1.807) is 0 Å². The Bertz CT molecular complexity index is 592. The fraction of sp³-hybridized carbons (Fsp3) is 0.545. The number of furan rings is 1. The van der Waals surface area contributed by atoms with Crippen LogP contribution >= 0.6 is 0 Å². The number of hydrogen-bond donors (Lipinski definition) is 1. The first kappa shape index (κ1) is 14.0. The van der Waals surface area contributed by atoms with E-state index in [9.17, 15) is 13.2 Å². The Morgan fingerprint density at radius 3 is 2.79 bits per heavy atom. The molecular formula is C11H16N2O5S. The third-order valence-corrected chi connectivity index (χ3v) is 5.04. The molecule has 0 spiro atoms. The summed E-state index contributed by atoms with van der Waals surface area (Å²) in [6.07, 6.45) is 0.625. The van der Waals surface area contributed by atoms with E-state index in [0.29, 0.717) is 13.0 Å². The molecule has 1 aliphatic rings. The van der Waals surface area contributed by atoms with E-state index in [0.717, 1.165) is 0 Å². The fourth-order valence-corrected chi connectivity index (χ4v) is 3.71. The Balaban J connectivity index is 2.36. The van der Waals surface area contributed by atoms with Crippen LogP contribution in [-0.2, 0) is 14.8 Å². The van der Waals surface area contributed by atoms with Crippen molar-refractivity contribution < 1.29 is 22.4 Å². The predicted molar refractivity (Wildman–Crippen MR) is 66.1 cm³/mol. The molecule has 1 fully saturated rings. The molecule has 7 nitrogen and oxygen atoms in total. The van der Waals surface area contributed by atoms with Crippen molar-refractivity contribution in [2.75, 3.05) is 20.2 Å². The van der Waals surface area contributed by atoms with Crippen molar-refractivity contribution in [2.45, 2.75) is 24.3 Å². The van der Waals surface area contributed by atoms with Crippen LogP contribution in [0.3, 0.4) is 0 Å². The minimum atomic E-state index is -3.67. The van der Waals surface area contributed by atoms with Crippen molar-refractivity contribution in [3.63, 3.8) is 0 Å². The number of esters is 1. The van der Waals surface area contributed by atoms with Gasteiger partial charge in [0.15, 0.2) is 0 Å². The summed E-state index contributed by atoms with van der Waals surface area (Å²) in [6.45, 7) is 2.15. The highest BCUT2D eigenvalue weighted by molar-refractivity contribution is 7.89. The Morgan fingerprint density at radius 1 is 1.58 bits per heavy atom. The summed E-state index contributed by atoms with van der Waals surface area (Å²) in [5.41, 5.74) is 5.71. The lowest BCUT2D eigenvalue weighted by atomic mass is 10.3. The molecule has 0 bridgehead atoms. The summed E-state index contributed by atoms with van der Waals surface area (Å²) in [5, 5.41) is 0. The molecule has 2 heterocycles. The zero-order valence-electron chi connectivity index (χ0n) is 10.8. The van der Waals surface area contributed by atoms with Crippen molar-refractivity contribution in [3.8, 4) is 0 Å². The van der Waals surface area contributed by atoms with E-state index in [1.165, 1.54) is 24.4 Å². The molecule has 2 N–H and O–H groups in total. The van der Waals surface area contributed by atoms with Gasteiger partial charge in [0.25, 0.3) is 0 Å². The van der Waals surface area contributed by atoms with Crippen molar-refractivity contribution in [2.24, 2.45) is 5.73 Å². The molecule has 0 aromatic carbocycles. The van der Waals surface area contributed by atoms with Crippen LogP contribution in [-0.4, -0.2) is 44.9 Å². The maximum Gasteiger partial charge on any atom is 0.373 e. The van der Waals surface area contributed by atoms with E-state index in [1.807, 2.05) is 0 Å². The van der Waals surface area contributed by atoms with E-state index in [4.69, 9.17) is 10.2 Å². The molecular weight excluding hydrogens is 272 g/mol. The molecule has 0 amide bonds. The number of sulfonamides is 1. The Labute approximate surface area is 111 Å². The summed E-state index contributed by atoms with van der Waals surface area (Å²) in [6, 6.07) is 1.04. The van der Waals surface area contributed by atoms with E-state index >= 15 is 0 Å². The van der Waals surface area contributed by atoms with Gasteiger partial charge in [-0.15, -0.1) is 0 Å². The van der Waals surface area contributed by atoms with E-state index in [2.05, 4.69) is 4.74 Å². The first-order valence-electron chi connectivity index (χ1n) is 5.80. The van der Waals surface area contributed by atoms with Gasteiger partial charge in [0.2, 0.25) is 15.8 Å². The van der Waals surface area contributed by atoms with Crippen molar-refractivity contribution in [3.05, 3.63) is 17.6 Å². The lowest BCUT2D eigenvalue weighted by Gasteiger charge is -2.14. The van der Waals surface area contributed by atoms with Crippen LogP contribution in [0.5, 0.6) is 0 Å². The number of carbonyl (C=O) groups is 1. The molecule has 1 aromatic heterocycles. The quantitative estimate of drug-likeness (QED) is 0.791. The second kappa shape index (κ2) is 4.95. The zero-order valence-corrected chi connectivity index (χ0v) is 11.6. The predicted octanol–water partition coefficient (Wildman–Crippen LogP) is 0.0963. The number of ether oxygens (including phenoxy) is 1. The number of aryl methyl sites for hydroxylation is 1. The summed E-state index contributed by atoms with van der Waals surface area (Å²) >= 11 is 0. The van der Waals surface area contributed by atoms with E-state index < -0.39 is 16.0 Å². The van der Waals surface area contributed by atoms with Gasteiger partial charge in [0.1, 0.15) is 10.7 Å². The minimum absolute atomic E-state index is 0.0120. The first-order valence-corrected chi connectivity index (χ1v) is 7.24. The van der Waals surface area contributed by atoms with Crippen LogP contribution in [0.4, 0.5) is 0 Å². The molecule has 0 radical (unpaired) electrons. The van der Waals surface area contributed by atoms with Gasteiger partial charge in [-0.05, 0) is 13.3 Å². The molecule has 1 aromatic rings. The van der Waals surface area contributed by atoms with Crippen LogP contribution in [0, 0.1) is 6.92 Å². The van der Waals surface area contributed by atoms with Gasteiger partial charge in [-0.1, -0.05) is 0 Å². The van der Waals surface area contributed by atoms with Gasteiger partial charge in [0, 0.05) is 25.2 Å². The average molecular weight is 288 g/mol. The normalized spacial score (nSPS) is 20.7. The monoisotopic (exact) mass is 288 g/mol. The Morgan fingerprint density at radius 2 is 2.26 bits per heavy atom. The third kappa shape index (κ3) is 2.51. The minimum Gasteiger partial charge on any atom is -0.463 e. The molecule has 0 saturated carbocycles. The molecule has 2 rings (SSSR count). The zero-order chi connectivity index (χ0) is 14.2. The number of methoxy groups -OCH3 is 1. The largest absolute Gasteiger partial charge is 0.463 e. The molecule has 1 aliphatic heterocycles. The standard InChI is InChI=1S/C11H16N2O5S/c1-7-10(5-9(18-7)11(14)17-2)19(15,16)13-4-3-8(12)6-13/h5,8H,3-4,6,12H2,1-2H3/t8-/m1/s1.